The number of hydrogen-bond acceptors (Lipinski definition) is 3. The Morgan fingerprint density at radius 2 is 2.26 bits per heavy atom. The van der Waals surface area contributed by atoms with E-state index in [4.69, 9.17) is 9.47 Å². The van der Waals surface area contributed by atoms with Crippen molar-refractivity contribution in [3.05, 3.63) is 35.6 Å². The summed E-state index contributed by atoms with van der Waals surface area (Å²) in [6, 6.07) is 6.97. The second-order valence-electron chi connectivity index (χ2n) is 5.05. The first-order chi connectivity index (χ1) is 9.29. The van der Waals surface area contributed by atoms with Crippen molar-refractivity contribution >= 4 is 0 Å². The highest BCUT2D eigenvalue weighted by Crippen LogP contribution is 2.16. The Kier molecular flexibility index (Phi) is 5.76. The molecule has 0 radical (unpaired) electrons. The summed E-state index contributed by atoms with van der Waals surface area (Å²) in [4.78, 5) is 2.25. The molecule has 1 saturated heterocycles. The molecule has 0 saturated carbocycles. The molecule has 1 aromatic carbocycles. The van der Waals surface area contributed by atoms with Crippen molar-refractivity contribution in [2.24, 2.45) is 5.92 Å². The molecule has 2 rings (SSSR count). The molecule has 1 atom stereocenters. The molecule has 1 aliphatic heterocycles. The quantitative estimate of drug-likeness (QED) is 0.756. The van der Waals surface area contributed by atoms with Crippen molar-refractivity contribution in [2.45, 2.75) is 13.0 Å². The van der Waals surface area contributed by atoms with Crippen LogP contribution in [0.1, 0.15) is 12.0 Å². The van der Waals surface area contributed by atoms with Crippen LogP contribution in [-0.4, -0.2) is 44.9 Å². The average molecular weight is 267 g/mol. The molecule has 106 valence electrons. The van der Waals surface area contributed by atoms with Crippen molar-refractivity contribution in [3.8, 4) is 0 Å². The minimum absolute atomic E-state index is 0.132. The van der Waals surface area contributed by atoms with Gasteiger partial charge in [0.05, 0.1) is 13.2 Å². The normalized spacial score (nSPS) is 19.2. The molecule has 0 aromatic heterocycles. The Bertz CT molecular complexity index is 380. The summed E-state index contributed by atoms with van der Waals surface area (Å²) in [7, 11) is 1.69. The van der Waals surface area contributed by atoms with Gasteiger partial charge in [-0.05, 0) is 18.4 Å². The van der Waals surface area contributed by atoms with Gasteiger partial charge in [0, 0.05) is 38.9 Å². The van der Waals surface area contributed by atoms with Crippen molar-refractivity contribution < 1.29 is 13.9 Å². The molecule has 4 heteroatoms. The van der Waals surface area contributed by atoms with Gasteiger partial charge >= 0.3 is 0 Å². The van der Waals surface area contributed by atoms with Crippen LogP contribution < -0.4 is 0 Å². The van der Waals surface area contributed by atoms with Crippen molar-refractivity contribution in [2.75, 3.05) is 40.0 Å². The lowest BCUT2D eigenvalue weighted by molar-refractivity contribution is 0.123. The lowest BCUT2D eigenvalue weighted by Gasteiger charge is -2.24. The number of methoxy groups -OCH3 is 1. The number of hydrogen-bond donors (Lipinski definition) is 0. The molecule has 0 aliphatic carbocycles. The summed E-state index contributed by atoms with van der Waals surface area (Å²) >= 11 is 0. The highest BCUT2D eigenvalue weighted by Gasteiger charge is 2.19. The third-order valence-electron chi connectivity index (χ3n) is 3.50. The van der Waals surface area contributed by atoms with Gasteiger partial charge in [-0.25, -0.2) is 4.39 Å². The van der Waals surface area contributed by atoms with Crippen molar-refractivity contribution in [1.82, 2.24) is 4.90 Å². The first-order valence-corrected chi connectivity index (χ1v) is 6.82. The molecular formula is C15H22FNO2. The average Bonchev–Trinajstić information content (AvgIpc) is 2.91. The van der Waals surface area contributed by atoms with Crippen LogP contribution in [0.15, 0.2) is 24.3 Å². The topological polar surface area (TPSA) is 21.7 Å². The van der Waals surface area contributed by atoms with Gasteiger partial charge in [0.1, 0.15) is 5.82 Å². The Morgan fingerprint density at radius 1 is 1.42 bits per heavy atom. The van der Waals surface area contributed by atoms with Gasteiger partial charge in [-0.15, -0.1) is 0 Å². The van der Waals surface area contributed by atoms with Gasteiger partial charge in [0.15, 0.2) is 0 Å². The molecule has 0 spiro atoms. The van der Waals surface area contributed by atoms with E-state index in [2.05, 4.69) is 4.90 Å². The zero-order valence-electron chi connectivity index (χ0n) is 11.5. The van der Waals surface area contributed by atoms with E-state index in [0.717, 1.165) is 38.3 Å². The van der Waals surface area contributed by atoms with E-state index in [0.29, 0.717) is 19.1 Å². The van der Waals surface area contributed by atoms with Crippen LogP contribution in [0.5, 0.6) is 0 Å². The summed E-state index contributed by atoms with van der Waals surface area (Å²) in [6.45, 7) is 4.73. The summed E-state index contributed by atoms with van der Waals surface area (Å²) in [5.74, 6) is 0.427. The number of ether oxygens (including phenoxy) is 2. The van der Waals surface area contributed by atoms with Gasteiger partial charge in [-0.1, -0.05) is 18.2 Å². The van der Waals surface area contributed by atoms with E-state index in [1.54, 1.807) is 13.2 Å². The Balaban J connectivity index is 1.94. The fourth-order valence-corrected chi connectivity index (χ4v) is 2.42. The van der Waals surface area contributed by atoms with Gasteiger partial charge in [-0.3, -0.25) is 4.90 Å². The first kappa shape index (κ1) is 14.4. The highest BCUT2D eigenvalue weighted by atomic mass is 19.1. The molecule has 1 aromatic rings. The van der Waals surface area contributed by atoms with Gasteiger partial charge in [0.2, 0.25) is 0 Å². The fraction of sp³-hybridized carbons (Fsp3) is 0.600. The maximum Gasteiger partial charge on any atom is 0.127 e. The Morgan fingerprint density at radius 3 is 2.95 bits per heavy atom. The molecule has 1 aliphatic rings. The lowest BCUT2D eigenvalue weighted by Crippen LogP contribution is -2.32. The molecular weight excluding hydrogens is 245 g/mol. The van der Waals surface area contributed by atoms with E-state index in [-0.39, 0.29) is 5.82 Å². The van der Waals surface area contributed by atoms with Crippen molar-refractivity contribution in [1.29, 1.82) is 0 Å². The second-order valence-corrected chi connectivity index (χ2v) is 5.05. The third kappa shape index (κ3) is 4.56. The van der Waals surface area contributed by atoms with Crippen LogP contribution >= 0.6 is 0 Å². The maximum absolute atomic E-state index is 13.7. The SMILES string of the molecule is COCCN(Cc1ccccc1F)CC1CCOC1. The van der Waals surface area contributed by atoms with Crippen LogP contribution in [0.4, 0.5) is 4.39 Å². The van der Waals surface area contributed by atoms with E-state index < -0.39 is 0 Å². The molecule has 1 heterocycles. The van der Waals surface area contributed by atoms with E-state index in [1.165, 1.54) is 6.07 Å². The fourth-order valence-electron chi connectivity index (χ4n) is 2.42. The Hall–Kier alpha value is -0.970. The van der Waals surface area contributed by atoms with Crippen LogP contribution in [0.3, 0.4) is 0 Å². The van der Waals surface area contributed by atoms with E-state index >= 15 is 0 Å². The molecule has 0 amide bonds. The standard InChI is InChI=1S/C15H22FNO2/c1-18-9-7-17(10-13-6-8-19-12-13)11-14-4-2-3-5-15(14)16/h2-5,13H,6-12H2,1H3. The van der Waals surface area contributed by atoms with Crippen LogP contribution in [0, 0.1) is 11.7 Å². The van der Waals surface area contributed by atoms with Gasteiger partial charge in [-0.2, -0.15) is 0 Å². The Labute approximate surface area is 114 Å². The minimum atomic E-state index is -0.132. The summed E-state index contributed by atoms with van der Waals surface area (Å²) in [5, 5.41) is 0. The number of nitrogens with zero attached hydrogens (tertiary/aromatic N) is 1. The third-order valence-corrected chi connectivity index (χ3v) is 3.50. The predicted molar refractivity (Wildman–Crippen MR) is 72.5 cm³/mol. The highest BCUT2D eigenvalue weighted by molar-refractivity contribution is 5.17. The molecule has 0 bridgehead atoms. The number of benzene rings is 1. The smallest absolute Gasteiger partial charge is 0.127 e. The largest absolute Gasteiger partial charge is 0.383 e. The van der Waals surface area contributed by atoms with Gasteiger partial charge < -0.3 is 9.47 Å². The molecule has 19 heavy (non-hydrogen) atoms. The molecule has 0 N–H and O–H groups in total. The molecule has 3 nitrogen and oxygen atoms in total. The zero-order valence-corrected chi connectivity index (χ0v) is 11.5. The van der Waals surface area contributed by atoms with E-state index in [1.807, 2.05) is 12.1 Å². The summed E-state index contributed by atoms with van der Waals surface area (Å²) in [6.07, 6.45) is 1.10. The zero-order chi connectivity index (χ0) is 13.5. The lowest BCUT2D eigenvalue weighted by atomic mass is 10.1. The summed E-state index contributed by atoms with van der Waals surface area (Å²) in [5.41, 5.74) is 0.748. The van der Waals surface area contributed by atoms with E-state index in [9.17, 15) is 4.39 Å². The molecule has 1 unspecified atom stereocenters. The second kappa shape index (κ2) is 7.58. The maximum atomic E-state index is 13.7. The van der Waals surface area contributed by atoms with Crippen LogP contribution in [-0.2, 0) is 16.0 Å². The monoisotopic (exact) mass is 267 g/mol. The molecule has 1 fully saturated rings. The summed E-state index contributed by atoms with van der Waals surface area (Å²) < 4.78 is 24.2. The number of halogens is 1. The predicted octanol–water partition coefficient (Wildman–Crippen LogP) is 2.31. The minimum Gasteiger partial charge on any atom is -0.383 e. The number of rotatable bonds is 7. The van der Waals surface area contributed by atoms with Gasteiger partial charge in [0.25, 0.3) is 0 Å². The van der Waals surface area contributed by atoms with Crippen LogP contribution in [0.25, 0.3) is 0 Å². The first-order valence-electron chi connectivity index (χ1n) is 6.82. The van der Waals surface area contributed by atoms with Crippen molar-refractivity contribution in [3.63, 3.8) is 0 Å². The van der Waals surface area contributed by atoms with Crippen LogP contribution in [0.2, 0.25) is 0 Å².